The minimum Gasteiger partial charge on any atom is -0.497 e. The molecule has 0 saturated carbocycles. The van der Waals surface area contributed by atoms with Crippen molar-refractivity contribution in [1.82, 2.24) is 5.48 Å². The molecule has 2 aromatic rings. The van der Waals surface area contributed by atoms with Crippen molar-refractivity contribution in [1.29, 1.82) is 0 Å². The number of nitrogens with zero attached hydrogens (tertiary/aromatic N) is 2. The number of nitrogens with one attached hydrogen (secondary N) is 1. The maximum atomic E-state index is 10.5. The third-order valence-corrected chi connectivity index (χ3v) is 4.10. The molecule has 2 rings (SSSR count). The molecule has 0 unspecified atom stereocenters. The van der Waals surface area contributed by atoms with Gasteiger partial charge in [0.05, 0.1) is 25.3 Å². The second-order valence-corrected chi connectivity index (χ2v) is 6.66. The third kappa shape index (κ3) is 7.61. The van der Waals surface area contributed by atoms with Crippen molar-refractivity contribution in [2.24, 2.45) is 15.9 Å². The Kier molecular flexibility index (Phi) is 8.88. The standard InChI is InChI=1S/C10H14N4O3.C7H8O3S/c1-16-8-4-3-7(9(5-8)17-2)6-12-13-10(11)14-15;1-6-2-4-7(5-3-6)11(8,9)10/h3-6,15H,1-2H3,(H3,11,13,14);2-5H,1H3,(H,8,9,10)/b12-6+;. The Bertz CT molecular complexity index is 927. The molecule has 0 aliphatic rings. The van der Waals surface area contributed by atoms with Gasteiger partial charge < -0.3 is 15.2 Å². The van der Waals surface area contributed by atoms with Crippen LogP contribution >= 0.6 is 0 Å². The number of methoxy groups -OCH3 is 2. The number of benzene rings is 2. The van der Waals surface area contributed by atoms with Crippen molar-refractivity contribution < 1.29 is 27.7 Å². The van der Waals surface area contributed by atoms with Crippen LogP contribution in [0.15, 0.2) is 57.6 Å². The van der Waals surface area contributed by atoms with Gasteiger partial charge in [-0.2, -0.15) is 13.5 Å². The molecule has 0 aliphatic heterocycles. The van der Waals surface area contributed by atoms with Crippen LogP contribution in [0.3, 0.4) is 0 Å². The van der Waals surface area contributed by atoms with Crippen LogP contribution in [0, 0.1) is 6.92 Å². The van der Waals surface area contributed by atoms with E-state index in [0.29, 0.717) is 17.1 Å². The van der Waals surface area contributed by atoms with Crippen LogP contribution in [-0.4, -0.2) is 44.6 Å². The number of ether oxygens (including phenoxy) is 2. The molecule has 2 aromatic carbocycles. The van der Waals surface area contributed by atoms with Gasteiger partial charge in [-0.15, -0.1) is 5.10 Å². The highest BCUT2D eigenvalue weighted by Gasteiger charge is 2.06. The molecule has 0 heterocycles. The molecule has 0 aliphatic carbocycles. The van der Waals surface area contributed by atoms with Crippen molar-refractivity contribution in [2.45, 2.75) is 11.8 Å². The second-order valence-electron chi connectivity index (χ2n) is 5.24. The molecule has 28 heavy (non-hydrogen) atoms. The van der Waals surface area contributed by atoms with E-state index in [0.717, 1.165) is 5.56 Å². The Morgan fingerprint density at radius 3 is 2.29 bits per heavy atom. The zero-order valence-corrected chi connectivity index (χ0v) is 16.3. The maximum Gasteiger partial charge on any atom is 0.294 e. The number of nitrogens with two attached hydrogens (primary N) is 1. The Morgan fingerprint density at radius 1 is 1.14 bits per heavy atom. The lowest BCUT2D eigenvalue weighted by atomic mass is 10.2. The average molecular weight is 410 g/mol. The maximum absolute atomic E-state index is 10.5. The highest BCUT2D eigenvalue weighted by Crippen LogP contribution is 2.23. The van der Waals surface area contributed by atoms with Crippen molar-refractivity contribution in [3.63, 3.8) is 0 Å². The van der Waals surface area contributed by atoms with E-state index in [-0.39, 0.29) is 10.9 Å². The predicted molar refractivity (Wildman–Crippen MR) is 105 cm³/mol. The van der Waals surface area contributed by atoms with Gasteiger partial charge in [0.1, 0.15) is 11.5 Å². The highest BCUT2D eigenvalue weighted by molar-refractivity contribution is 7.85. The molecule has 0 saturated heterocycles. The molecular weight excluding hydrogens is 388 g/mol. The number of hydrogen-bond donors (Lipinski definition) is 4. The second kappa shape index (κ2) is 10.9. The average Bonchev–Trinajstić information content (AvgIpc) is 2.68. The van der Waals surface area contributed by atoms with Gasteiger partial charge in [-0.25, -0.2) is 5.48 Å². The van der Waals surface area contributed by atoms with E-state index in [9.17, 15) is 8.42 Å². The van der Waals surface area contributed by atoms with Gasteiger partial charge in [-0.3, -0.25) is 9.76 Å². The summed E-state index contributed by atoms with van der Waals surface area (Å²) in [5.74, 6) is 1.08. The largest absolute Gasteiger partial charge is 0.497 e. The monoisotopic (exact) mass is 410 g/mol. The van der Waals surface area contributed by atoms with Gasteiger partial charge in [0.25, 0.3) is 10.1 Å². The molecule has 0 bridgehead atoms. The molecule has 5 N–H and O–H groups in total. The summed E-state index contributed by atoms with van der Waals surface area (Å²) in [5.41, 5.74) is 8.50. The highest BCUT2D eigenvalue weighted by atomic mass is 32.2. The molecule has 10 nitrogen and oxygen atoms in total. The molecule has 0 radical (unpaired) electrons. The van der Waals surface area contributed by atoms with Gasteiger partial charge in [0.2, 0.25) is 5.96 Å². The van der Waals surface area contributed by atoms with Crippen LogP contribution in [-0.2, 0) is 10.1 Å². The lowest BCUT2D eigenvalue weighted by Gasteiger charge is -2.06. The van der Waals surface area contributed by atoms with Crippen molar-refractivity contribution in [3.05, 3.63) is 53.6 Å². The lowest BCUT2D eigenvalue weighted by molar-refractivity contribution is 0.232. The Morgan fingerprint density at radius 2 is 1.79 bits per heavy atom. The first kappa shape index (κ1) is 22.9. The van der Waals surface area contributed by atoms with E-state index >= 15 is 0 Å². The minimum atomic E-state index is -4.02. The zero-order chi connectivity index (χ0) is 21.2. The quantitative estimate of drug-likeness (QED) is 0.250. The predicted octanol–water partition coefficient (Wildman–Crippen LogP) is 1.57. The first-order valence-electron chi connectivity index (χ1n) is 7.74. The molecule has 0 atom stereocenters. The molecule has 0 fully saturated rings. The van der Waals surface area contributed by atoms with Gasteiger partial charge >= 0.3 is 0 Å². The topological polar surface area (TPSA) is 156 Å². The fourth-order valence-electron chi connectivity index (χ4n) is 1.81. The normalized spacial score (nSPS) is 11.5. The van der Waals surface area contributed by atoms with E-state index in [4.69, 9.17) is 25.0 Å². The summed E-state index contributed by atoms with van der Waals surface area (Å²) in [6.07, 6.45) is 1.45. The van der Waals surface area contributed by atoms with Gasteiger partial charge in [-0.05, 0) is 31.2 Å². The number of hydroxylamine groups is 1. The summed E-state index contributed by atoms with van der Waals surface area (Å²) < 4.78 is 39.8. The van der Waals surface area contributed by atoms with E-state index in [1.807, 2.05) is 6.92 Å². The van der Waals surface area contributed by atoms with E-state index in [1.54, 1.807) is 50.0 Å². The molecule has 0 aromatic heterocycles. The first-order chi connectivity index (χ1) is 13.2. The molecule has 0 spiro atoms. The smallest absolute Gasteiger partial charge is 0.294 e. The van der Waals surface area contributed by atoms with E-state index in [2.05, 4.69) is 10.2 Å². The molecule has 11 heteroatoms. The Balaban J connectivity index is 0.000000307. The third-order valence-electron chi connectivity index (χ3n) is 3.24. The van der Waals surface area contributed by atoms with Crippen molar-refractivity contribution in [2.75, 3.05) is 14.2 Å². The Labute approximate surface area is 163 Å². The van der Waals surface area contributed by atoms with Crippen molar-refractivity contribution >= 4 is 22.3 Å². The first-order valence-corrected chi connectivity index (χ1v) is 9.18. The van der Waals surface area contributed by atoms with Gasteiger partial charge in [0.15, 0.2) is 0 Å². The van der Waals surface area contributed by atoms with Crippen LogP contribution in [0.2, 0.25) is 0 Å². The van der Waals surface area contributed by atoms with Crippen molar-refractivity contribution in [3.8, 4) is 11.5 Å². The molecule has 0 amide bonds. The fourth-order valence-corrected chi connectivity index (χ4v) is 2.29. The summed E-state index contributed by atoms with van der Waals surface area (Å²) in [7, 11) is -0.909. The Hall–Kier alpha value is -3.15. The number of rotatable bonds is 5. The van der Waals surface area contributed by atoms with Crippen LogP contribution < -0.4 is 20.7 Å². The van der Waals surface area contributed by atoms with Crippen LogP contribution in [0.25, 0.3) is 0 Å². The van der Waals surface area contributed by atoms with Crippen LogP contribution in [0.1, 0.15) is 11.1 Å². The van der Waals surface area contributed by atoms with Gasteiger partial charge in [0, 0.05) is 11.6 Å². The molecular formula is C17H22N4O6S. The summed E-state index contributed by atoms with van der Waals surface area (Å²) in [4.78, 5) is -0.0666. The minimum absolute atomic E-state index is 0.0666. The van der Waals surface area contributed by atoms with E-state index in [1.165, 1.54) is 18.3 Å². The van der Waals surface area contributed by atoms with E-state index < -0.39 is 10.1 Å². The van der Waals surface area contributed by atoms with Crippen LogP contribution in [0.4, 0.5) is 0 Å². The summed E-state index contributed by atoms with van der Waals surface area (Å²) >= 11 is 0. The fraction of sp³-hybridized carbons (Fsp3) is 0.176. The SMILES string of the molecule is COc1ccc(/C=N/N=C(\N)NO)c(OC)c1.Cc1ccc(S(=O)(=O)O)cc1. The number of hydrogen-bond acceptors (Lipinski definition) is 7. The van der Waals surface area contributed by atoms with Gasteiger partial charge in [-0.1, -0.05) is 17.7 Å². The number of aryl methyl sites for hydroxylation is 1. The number of guanidine groups is 1. The lowest BCUT2D eigenvalue weighted by Crippen LogP contribution is -2.27. The summed E-state index contributed by atoms with van der Waals surface area (Å²) in [6.45, 7) is 1.84. The zero-order valence-electron chi connectivity index (χ0n) is 15.5. The van der Waals surface area contributed by atoms with Crippen LogP contribution in [0.5, 0.6) is 11.5 Å². The molecule has 152 valence electrons. The summed E-state index contributed by atoms with van der Waals surface area (Å²) in [5, 5.41) is 15.5. The summed E-state index contributed by atoms with van der Waals surface area (Å²) in [6, 6.07) is 11.2.